The van der Waals surface area contributed by atoms with Gasteiger partial charge >= 0.3 is 0 Å². The largest absolute Gasteiger partial charge is 0.389 e. The first-order valence-electron chi connectivity index (χ1n) is 7.97. The van der Waals surface area contributed by atoms with E-state index in [0.29, 0.717) is 0 Å². The zero-order chi connectivity index (χ0) is 14.2. The molecule has 1 N–H and O–H groups in total. The summed E-state index contributed by atoms with van der Waals surface area (Å²) in [5, 5.41) is 9.67. The molecule has 0 amide bonds. The summed E-state index contributed by atoms with van der Waals surface area (Å²) in [6.45, 7) is 4.40. The number of aliphatic hydroxyl groups is 1. The molecule has 19 heavy (non-hydrogen) atoms. The van der Waals surface area contributed by atoms with E-state index in [2.05, 4.69) is 32.1 Å². The van der Waals surface area contributed by atoms with Gasteiger partial charge in [0.2, 0.25) is 0 Å². The zero-order valence-corrected chi connectivity index (χ0v) is 12.9. The molecule has 1 nitrogen and oxygen atoms in total. The molecule has 0 aromatic heterocycles. The van der Waals surface area contributed by atoms with Gasteiger partial charge in [-0.2, -0.15) is 0 Å². The van der Waals surface area contributed by atoms with Gasteiger partial charge in [-0.3, -0.25) is 0 Å². The van der Waals surface area contributed by atoms with E-state index in [1.807, 2.05) is 18.2 Å². The molecule has 0 radical (unpaired) electrons. The van der Waals surface area contributed by atoms with Gasteiger partial charge in [0, 0.05) is 0 Å². The lowest BCUT2D eigenvalue weighted by Crippen LogP contribution is -2.00. The van der Waals surface area contributed by atoms with Gasteiger partial charge in [-0.05, 0) is 25.7 Å². The second-order valence-corrected chi connectivity index (χ2v) is 5.07. The second kappa shape index (κ2) is 15.2. The van der Waals surface area contributed by atoms with Crippen LogP contribution in [0.25, 0.3) is 0 Å². The minimum atomic E-state index is -0.273. The summed E-state index contributed by atoms with van der Waals surface area (Å²) >= 11 is 0. The fourth-order valence-corrected chi connectivity index (χ4v) is 1.82. The van der Waals surface area contributed by atoms with E-state index in [4.69, 9.17) is 0 Å². The van der Waals surface area contributed by atoms with Gasteiger partial charge in [-0.25, -0.2) is 0 Å². The zero-order valence-electron chi connectivity index (χ0n) is 12.9. The van der Waals surface area contributed by atoms with Crippen molar-refractivity contribution in [3.8, 4) is 0 Å². The Hall–Kier alpha value is -0.820. The number of hydrogen-bond donors (Lipinski definition) is 1. The quantitative estimate of drug-likeness (QED) is 0.278. The predicted molar refractivity (Wildman–Crippen MR) is 86.3 cm³/mol. The fraction of sp³-hybridized carbons (Fsp3) is 0.667. The Bertz CT molecular complexity index is 250. The highest BCUT2D eigenvalue weighted by molar-refractivity contribution is 5.05. The van der Waals surface area contributed by atoms with Crippen molar-refractivity contribution < 1.29 is 5.11 Å². The van der Waals surface area contributed by atoms with E-state index in [9.17, 15) is 5.11 Å². The van der Waals surface area contributed by atoms with Crippen LogP contribution in [0.1, 0.15) is 71.6 Å². The number of allylic oxidation sites excluding steroid dienone is 5. The Kier molecular flexibility index (Phi) is 14.6. The lowest BCUT2D eigenvalue weighted by molar-refractivity contribution is 0.208. The van der Waals surface area contributed by atoms with Crippen LogP contribution in [-0.2, 0) is 0 Å². The van der Waals surface area contributed by atoms with E-state index in [0.717, 1.165) is 25.7 Å². The fourth-order valence-electron chi connectivity index (χ4n) is 1.82. The average molecular weight is 264 g/mol. The van der Waals surface area contributed by atoms with Gasteiger partial charge in [0.1, 0.15) is 0 Å². The van der Waals surface area contributed by atoms with Gasteiger partial charge < -0.3 is 5.11 Å². The van der Waals surface area contributed by atoms with Crippen LogP contribution >= 0.6 is 0 Å². The van der Waals surface area contributed by atoms with E-state index in [1.165, 1.54) is 32.1 Å². The number of hydrogen-bond acceptors (Lipinski definition) is 1. The molecule has 0 aliphatic heterocycles. The van der Waals surface area contributed by atoms with E-state index >= 15 is 0 Å². The van der Waals surface area contributed by atoms with Crippen molar-refractivity contribution in [2.45, 2.75) is 77.7 Å². The topological polar surface area (TPSA) is 20.2 Å². The molecule has 1 atom stereocenters. The summed E-state index contributed by atoms with van der Waals surface area (Å²) in [5.41, 5.74) is 0. The summed E-state index contributed by atoms with van der Waals surface area (Å²) < 4.78 is 0. The minimum absolute atomic E-state index is 0.273. The molecular weight excluding hydrogens is 232 g/mol. The molecule has 0 aromatic rings. The molecule has 0 unspecified atom stereocenters. The van der Waals surface area contributed by atoms with Crippen molar-refractivity contribution in [2.24, 2.45) is 0 Å². The highest BCUT2D eigenvalue weighted by Gasteiger charge is 1.96. The molecular formula is C18H32O. The smallest absolute Gasteiger partial charge is 0.0723 e. The summed E-state index contributed by atoms with van der Waals surface area (Å²) in [6.07, 6.45) is 22.8. The lowest BCUT2D eigenvalue weighted by atomic mass is 10.1. The van der Waals surface area contributed by atoms with Gasteiger partial charge in [0.15, 0.2) is 0 Å². The van der Waals surface area contributed by atoms with Crippen molar-refractivity contribution >= 4 is 0 Å². The van der Waals surface area contributed by atoms with Crippen molar-refractivity contribution in [1.82, 2.24) is 0 Å². The van der Waals surface area contributed by atoms with Crippen LogP contribution in [0.3, 0.4) is 0 Å². The molecule has 0 heterocycles. The third-order valence-corrected chi connectivity index (χ3v) is 3.07. The minimum Gasteiger partial charge on any atom is -0.389 e. The first kappa shape index (κ1) is 18.2. The molecule has 1 heteroatoms. The van der Waals surface area contributed by atoms with Crippen molar-refractivity contribution in [3.05, 3.63) is 36.5 Å². The molecule has 0 rings (SSSR count). The third-order valence-electron chi connectivity index (χ3n) is 3.07. The van der Waals surface area contributed by atoms with Crippen LogP contribution in [0.5, 0.6) is 0 Å². The van der Waals surface area contributed by atoms with Crippen LogP contribution in [0.4, 0.5) is 0 Å². The monoisotopic (exact) mass is 264 g/mol. The molecule has 0 fully saturated rings. The van der Waals surface area contributed by atoms with Crippen molar-refractivity contribution in [1.29, 1.82) is 0 Å². The van der Waals surface area contributed by atoms with Crippen LogP contribution in [0.15, 0.2) is 36.5 Å². The maximum atomic E-state index is 9.67. The predicted octanol–water partition coefficient (Wildman–Crippen LogP) is 5.57. The molecule has 0 spiro atoms. The highest BCUT2D eigenvalue weighted by atomic mass is 16.3. The summed E-state index contributed by atoms with van der Waals surface area (Å²) in [5.74, 6) is 0. The normalized spacial score (nSPS) is 14.1. The summed E-state index contributed by atoms with van der Waals surface area (Å²) in [4.78, 5) is 0. The van der Waals surface area contributed by atoms with E-state index in [-0.39, 0.29) is 6.10 Å². The first-order valence-corrected chi connectivity index (χ1v) is 7.97. The maximum Gasteiger partial charge on any atom is 0.0723 e. The number of aliphatic hydroxyl groups excluding tert-OH is 1. The molecule has 0 saturated carbocycles. The van der Waals surface area contributed by atoms with Gasteiger partial charge in [-0.15, -0.1) is 0 Å². The Morgan fingerprint density at radius 1 is 0.789 bits per heavy atom. The Morgan fingerprint density at radius 2 is 1.47 bits per heavy atom. The molecule has 0 aliphatic rings. The van der Waals surface area contributed by atoms with Gasteiger partial charge in [-0.1, -0.05) is 82.4 Å². The Morgan fingerprint density at radius 3 is 2.21 bits per heavy atom. The molecule has 0 aromatic carbocycles. The van der Waals surface area contributed by atoms with E-state index < -0.39 is 0 Å². The Labute approximate surface area is 120 Å². The van der Waals surface area contributed by atoms with Crippen LogP contribution < -0.4 is 0 Å². The third kappa shape index (κ3) is 15.1. The van der Waals surface area contributed by atoms with Crippen LogP contribution in [0.2, 0.25) is 0 Å². The number of rotatable bonds is 12. The first-order chi connectivity index (χ1) is 9.31. The standard InChI is InChI=1S/C18H32O/c1-3-5-7-8-9-10-11-12-13-15-17-18(19)16-14-6-4-2/h8-9,12-13,15,17-19H,3-7,10-11,14,16H2,1-2H3/b9-8-,13-12-,17-15+/t18-/m0/s1. The molecule has 0 aliphatic carbocycles. The lowest BCUT2D eigenvalue weighted by Gasteiger charge is -2.02. The maximum absolute atomic E-state index is 9.67. The van der Waals surface area contributed by atoms with Crippen molar-refractivity contribution in [2.75, 3.05) is 0 Å². The SMILES string of the molecule is CCCC/C=C\CC/C=C\C=C\[C@@H](O)CCCCC. The average Bonchev–Trinajstić information content (AvgIpc) is 2.41. The number of unbranched alkanes of at least 4 members (excludes halogenated alkanes) is 5. The summed E-state index contributed by atoms with van der Waals surface area (Å²) in [6, 6.07) is 0. The second-order valence-electron chi connectivity index (χ2n) is 5.07. The molecule has 0 bridgehead atoms. The molecule has 110 valence electrons. The molecule has 0 saturated heterocycles. The van der Waals surface area contributed by atoms with Crippen LogP contribution in [-0.4, -0.2) is 11.2 Å². The van der Waals surface area contributed by atoms with E-state index in [1.54, 1.807) is 0 Å². The Balaban J connectivity index is 3.48. The van der Waals surface area contributed by atoms with Crippen LogP contribution in [0, 0.1) is 0 Å². The van der Waals surface area contributed by atoms with Gasteiger partial charge in [0.25, 0.3) is 0 Å². The summed E-state index contributed by atoms with van der Waals surface area (Å²) in [7, 11) is 0. The van der Waals surface area contributed by atoms with Crippen molar-refractivity contribution in [3.63, 3.8) is 0 Å². The highest BCUT2D eigenvalue weighted by Crippen LogP contribution is 2.04. The van der Waals surface area contributed by atoms with Gasteiger partial charge in [0.05, 0.1) is 6.10 Å².